The number of anilines is 1. The average molecular weight is 447 g/mol. The van der Waals surface area contributed by atoms with Gasteiger partial charge in [-0.05, 0) is 67.9 Å². The smallest absolute Gasteiger partial charge is 0.223 e. The highest BCUT2D eigenvalue weighted by Crippen LogP contribution is 2.65. The van der Waals surface area contributed by atoms with Crippen LogP contribution in [0.1, 0.15) is 44.9 Å². The van der Waals surface area contributed by atoms with Gasteiger partial charge in [0.05, 0.1) is 7.11 Å². The first-order valence-electron chi connectivity index (χ1n) is 10.8. The number of benzene rings is 1. The summed E-state index contributed by atoms with van der Waals surface area (Å²) in [6.07, 6.45) is 8.62. The molecule has 1 aromatic carbocycles. The summed E-state index contributed by atoms with van der Waals surface area (Å²) < 4.78 is 5.69. The van der Waals surface area contributed by atoms with Crippen LogP contribution in [-0.4, -0.2) is 48.4 Å². The standard InChI is InChI=1S/C23H31BrN2O2/c1-28-20-4-2-3-19(10-20)25-5-7-26(8-6-25)21(27)15-22-11-17-9-18(12-22)14-23(24,13-17)16-22/h2-4,10,17-18H,5-9,11-16H2,1H3. The van der Waals surface area contributed by atoms with Crippen molar-refractivity contribution in [3.8, 4) is 5.75 Å². The molecule has 4 saturated carbocycles. The Bertz CT molecular complexity index is 745. The minimum absolute atomic E-state index is 0.272. The molecule has 28 heavy (non-hydrogen) atoms. The van der Waals surface area contributed by atoms with E-state index in [2.05, 4.69) is 37.9 Å². The van der Waals surface area contributed by atoms with Gasteiger partial charge >= 0.3 is 0 Å². The number of hydrogen-bond donors (Lipinski definition) is 0. The van der Waals surface area contributed by atoms with Crippen LogP contribution < -0.4 is 9.64 Å². The van der Waals surface area contributed by atoms with E-state index >= 15 is 0 Å². The summed E-state index contributed by atoms with van der Waals surface area (Å²) in [7, 11) is 1.71. The van der Waals surface area contributed by atoms with Crippen molar-refractivity contribution >= 4 is 27.5 Å². The number of piperazine rings is 1. The quantitative estimate of drug-likeness (QED) is 0.639. The maximum absolute atomic E-state index is 13.2. The molecule has 5 aliphatic rings. The van der Waals surface area contributed by atoms with Gasteiger partial charge in [0.2, 0.25) is 5.91 Å². The number of ether oxygens (including phenoxy) is 1. The highest BCUT2D eigenvalue weighted by molar-refractivity contribution is 9.10. The lowest BCUT2D eigenvalue weighted by Gasteiger charge is -2.60. The largest absolute Gasteiger partial charge is 0.497 e. The van der Waals surface area contributed by atoms with Gasteiger partial charge in [0.1, 0.15) is 5.75 Å². The Morgan fingerprint density at radius 2 is 1.86 bits per heavy atom. The molecule has 0 aromatic heterocycles. The van der Waals surface area contributed by atoms with E-state index in [1.807, 2.05) is 12.1 Å². The Kier molecular flexibility index (Phi) is 4.65. The van der Waals surface area contributed by atoms with Crippen LogP contribution in [-0.2, 0) is 4.79 Å². The molecule has 1 amide bonds. The summed E-state index contributed by atoms with van der Waals surface area (Å²) in [4.78, 5) is 17.7. The van der Waals surface area contributed by atoms with Crippen LogP contribution in [0.4, 0.5) is 5.69 Å². The summed E-state index contributed by atoms with van der Waals surface area (Å²) in [6, 6.07) is 8.23. The lowest BCUT2D eigenvalue weighted by Crippen LogP contribution is -2.55. The highest BCUT2D eigenvalue weighted by atomic mass is 79.9. The molecule has 4 bridgehead atoms. The van der Waals surface area contributed by atoms with Crippen LogP contribution in [0.15, 0.2) is 24.3 Å². The molecule has 4 nitrogen and oxygen atoms in total. The fourth-order valence-electron chi connectivity index (χ4n) is 7.00. The molecule has 2 atom stereocenters. The van der Waals surface area contributed by atoms with Gasteiger partial charge in [-0.3, -0.25) is 4.79 Å². The van der Waals surface area contributed by atoms with Gasteiger partial charge in [-0.1, -0.05) is 22.0 Å². The van der Waals surface area contributed by atoms with Crippen LogP contribution >= 0.6 is 15.9 Å². The number of hydrogen-bond acceptors (Lipinski definition) is 3. The minimum Gasteiger partial charge on any atom is -0.497 e. The molecule has 1 aliphatic heterocycles. The molecular weight excluding hydrogens is 416 g/mol. The molecule has 2 unspecified atom stereocenters. The second-order valence-electron chi connectivity index (χ2n) is 9.86. The number of methoxy groups -OCH3 is 1. The Morgan fingerprint density at radius 1 is 1.14 bits per heavy atom. The molecule has 1 saturated heterocycles. The zero-order valence-corrected chi connectivity index (χ0v) is 18.4. The van der Waals surface area contributed by atoms with E-state index < -0.39 is 0 Å². The van der Waals surface area contributed by atoms with Crippen LogP contribution in [0.3, 0.4) is 0 Å². The lowest BCUT2D eigenvalue weighted by atomic mass is 9.48. The maximum Gasteiger partial charge on any atom is 0.223 e. The SMILES string of the molecule is COc1cccc(N2CCN(C(=O)CC34CC5CC(CC(Br)(C5)C3)C4)CC2)c1. The first-order valence-corrected chi connectivity index (χ1v) is 11.6. The lowest BCUT2D eigenvalue weighted by molar-refractivity contribution is -0.138. The molecule has 5 fully saturated rings. The van der Waals surface area contributed by atoms with E-state index in [-0.39, 0.29) is 5.41 Å². The Hall–Kier alpha value is -1.23. The summed E-state index contributed by atoms with van der Waals surface area (Å²) in [5.41, 5.74) is 1.46. The Morgan fingerprint density at radius 3 is 2.50 bits per heavy atom. The third kappa shape index (κ3) is 3.44. The first kappa shape index (κ1) is 18.8. The zero-order valence-electron chi connectivity index (χ0n) is 16.8. The van der Waals surface area contributed by atoms with E-state index in [0.29, 0.717) is 10.2 Å². The van der Waals surface area contributed by atoms with Gasteiger partial charge in [0.25, 0.3) is 0 Å². The molecule has 1 heterocycles. The van der Waals surface area contributed by atoms with Crippen molar-refractivity contribution in [1.82, 2.24) is 4.90 Å². The topological polar surface area (TPSA) is 32.8 Å². The van der Waals surface area contributed by atoms with E-state index in [1.54, 1.807) is 7.11 Å². The van der Waals surface area contributed by atoms with Crippen LogP contribution in [0.2, 0.25) is 0 Å². The van der Waals surface area contributed by atoms with Gasteiger partial charge in [-0.2, -0.15) is 0 Å². The summed E-state index contributed by atoms with van der Waals surface area (Å²) >= 11 is 4.08. The van der Waals surface area contributed by atoms with Gasteiger partial charge in [-0.15, -0.1) is 0 Å². The van der Waals surface area contributed by atoms with Gasteiger partial charge in [0.15, 0.2) is 0 Å². The summed E-state index contributed by atoms with van der Waals surface area (Å²) in [5.74, 6) is 2.97. The minimum atomic E-state index is 0.272. The molecule has 6 rings (SSSR count). The molecule has 152 valence electrons. The van der Waals surface area contributed by atoms with Crippen molar-refractivity contribution in [2.75, 3.05) is 38.2 Å². The summed E-state index contributed by atoms with van der Waals surface area (Å²) in [6.45, 7) is 3.47. The normalized spacial score (nSPS) is 36.6. The second kappa shape index (κ2) is 6.93. The monoisotopic (exact) mass is 446 g/mol. The number of halogens is 1. The van der Waals surface area contributed by atoms with E-state index in [1.165, 1.54) is 44.2 Å². The third-order valence-corrected chi connectivity index (χ3v) is 8.62. The number of carbonyl (C=O) groups is 1. The van der Waals surface area contributed by atoms with Gasteiger partial charge in [-0.25, -0.2) is 0 Å². The van der Waals surface area contributed by atoms with Crippen LogP contribution in [0.5, 0.6) is 5.75 Å². The van der Waals surface area contributed by atoms with Gasteiger partial charge < -0.3 is 14.5 Å². The number of rotatable bonds is 4. The predicted octanol–water partition coefficient (Wildman–Crippen LogP) is 4.47. The maximum atomic E-state index is 13.2. The van der Waals surface area contributed by atoms with Crippen molar-refractivity contribution in [2.24, 2.45) is 17.3 Å². The molecule has 0 radical (unpaired) electrons. The number of carbonyl (C=O) groups excluding carboxylic acids is 1. The molecule has 1 aromatic rings. The molecule has 0 N–H and O–H groups in total. The highest BCUT2D eigenvalue weighted by Gasteiger charge is 2.57. The van der Waals surface area contributed by atoms with Gasteiger partial charge in [0, 0.05) is 48.7 Å². The summed E-state index contributed by atoms with van der Waals surface area (Å²) in [5, 5.41) is 0. The zero-order chi connectivity index (χ0) is 19.4. The molecule has 4 aliphatic carbocycles. The number of nitrogens with zero attached hydrogens (tertiary/aromatic N) is 2. The molecule has 0 spiro atoms. The third-order valence-electron chi connectivity index (χ3n) is 7.69. The van der Waals surface area contributed by atoms with Crippen molar-refractivity contribution in [2.45, 2.75) is 49.3 Å². The molecular formula is C23H31BrN2O2. The number of amides is 1. The fourth-order valence-corrected chi connectivity index (χ4v) is 8.51. The van der Waals surface area contributed by atoms with Crippen molar-refractivity contribution in [3.05, 3.63) is 24.3 Å². The Balaban J connectivity index is 1.21. The second-order valence-corrected chi connectivity index (χ2v) is 11.5. The van der Waals surface area contributed by atoms with Crippen molar-refractivity contribution in [1.29, 1.82) is 0 Å². The predicted molar refractivity (Wildman–Crippen MR) is 115 cm³/mol. The van der Waals surface area contributed by atoms with Crippen molar-refractivity contribution < 1.29 is 9.53 Å². The fraction of sp³-hybridized carbons (Fsp3) is 0.696. The Labute approximate surface area is 176 Å². The van der Waals surface area contributed by atoms with E-state index in [0.717, 1.165) is 50.2 Å². The van der Waals surface area contributed by atoms with Crippen LogP contribution in [0.25, 0.3) is 0 Å². The average Bonchev–Trinajstić information content (AvgIpc) is 2.66. The van der Waals surface area contributed by atoms with Crippen LogP contribution in [0, 0.1) is 17.3 Å². The first-order chi connectivity index (χ1) is 13.5. The molecule has 5 heteroatoms. The number of alkyl halides is 1. The van der Waals surface area contributed by atoms with E-state index in [9.17, 15) is 4.79 Å². The van der Waals surface area contributed by atoms with E-state index in [4.69, 9.17) is 4.74 Å². The van der Waals surface area contributed by atoms with Crippen molar-refractivity contribution in [3.63, 3.8) is 0 Å².